The number of rotatable bonds is 6. The first kappa shape index (κ1) is 21.5. The normalized spacial score (nSPS) is 17.3. The van der Waals surface area contributed by atoms with Crippen LogP contribution in [-0.4, -0.2) is 59.0 Å². The van der Waals surface area contributed by atoms with Crippen LogP contribution < -0.4 is 15.0 Å². The van der Waals surface area contributed by atoms with Crippen molar-refractivity contribution in [2.75, 3.05) is 31.1 Å². The molecule has 1 aromatic carbocycles. The first-order valence-electron chi connectivity index (χ1n) is 10.9. The second kappa shape index (κ2) is 8.42. The van der Waals surface area contributed by atoms with E-state index in [2.05, 4.69) is 20.2 Å². The Hall–Kier alpha value is -2.74. The van der Waals surface area contributed by atoms with Crippen LogP contribution in [0.25, 0.3) is 0 Å². The van der Waals surface area contributed by atoms with Crippen molar-refractivity contribution < 1.29 is 13.9 Å². The predicted octanol–water partition coefficient (Wildman–Crippen LogP) is 3.47. The molecule has 4 rings (SSSR count). The number of nitrogens with zero attached hydrogens (tertiary/aromatic N) is 4. The highest BCUT2D eigenvalue weighted by atomic mass is 19.1. The van der Waals surface area contributed by atoms with Crippen LogP contribution in [0.2, 0.25) is 0 Å². The molecule has 3 heterocycles. The first-order valence-corrected chi connectivity index (χ1v) is 10.9. The summed E-state index contributed by atoms with van der Waals surface area (Å²) in [5, 5.41) is 3.36. The van der Waals surface area contributed by atoms with Gasteiger partial charge in [0.25, 0.3) is 5.91 Å². The van der Waals surface area contributed by atoms with Gasteiger partial charge in [0.15, 0.2) is 11.6 Å². The van der Waals surface area contributed by atoms with Crippen molar-refractivity contribution in [3.05, 3.63) is 42.1 Å². The van der Waals surface area contributed by atoms with E-state index in [9.17, 15) is 9.18 Å². The van der Waals surface area contributed by atoms with Crippen molar-refractivity contribution in [2.24, 2.45) is 5.41 Å². The number of aromatic nitrogens is 2. The van der Waals surface area contributed by atoms with Gasteiger partial charge in [-0.2, -0.15) is 0 Å². The van der Waals surface area contributed by atoms with Gasteiger partial charge in [0.05, 0.1) is 11.8 Å². The van der Waals surface area contributed by atoms with Crippen molar-refractivity contribution >= 4 is 11.7 Å². The van der Waals surface area contributed by atoms with Gasteiger partial charge in [0.2, 0.25) is 0 Å². The van der Waals surface area contributed by atoms with E-state index in [4.69, 9.17) is 4.74 Å². The van der Waals surface area contributed by atoms with Crippen LogP contribution in [0.1, 0.15) is 44.5 Å². The van der Waals surface area contributed by atoms with Crippen molar-refractivity contribution in [1.82, 2.24) is 20.2 Å². The second-order valence-corrected chi connectivity index (χ2v) is 9.13. The molecule has 2 saturated heterocycles. The van der Waals surface area contributed by atoms with Crippen LogP contribution in [0.5, 0.6) is 11.5 Å². The average molecular weight is 428 g/mol. The summed E-state index contributed by atoms with van der Waals surface area (Å²) in [6.45, 7) is 11.6. The largest absolute Gasteiger partial charge is 0.451 e. The maximum Gasteiger partial charge on any atom is 0.258 e. The van der Waals surface area contributed by atoms with Crippen LogP contribution in [0.15, 0.2) is 30.7 Å². The fourth-order valence-electron chi connectivity index (χ4n) is 4.58. The van der Waals surface area contributed by atoms with Crippen molar-refractivity contribution in [3.63, 3.8) is 0 Å². The minimum Gasteiger partial charge on any atom is -0.451 e. The minimum atomic E-state index is -0.480. The Morgan fingerprint density at radius 2 is 1.97 bits per heavy atom. The van der Waals surface area contributed by atoms with Crippen molar-refractivity contribution in [1.29, 1.82) is 0 Å². The molecule has 31 heavy (non-hydrogen) atoms. The lowest BCUT2D eigenvalue weighted by atomic mass is 9.81. The van der Waals surface area contributed by atoms with Crippen LogP contribution in [0.3, 0.4) is 0 Å². The third kappa shape index (κ3) is 4.21. The molecule has 2 aliphatic heterocycles. The van der Waals surface area contributed by atoms with E-state index in [0.29, 0.717) is 22.7 Å². The molecule has 1 aromatic heterocycles. The average Bonchev–Trinajstić information content (AvgIpc) is 3.15. The molecule has 0 aliphatic carbocycles. The third-order valence-corrected chi connectivity index (χ3v) is 6.14. The molecular weight excluding hydrogens is 397 g/mol. The molecule has 0 atom stereocenters. The number of ether oxygens (including phenoxy) is 1. The molecule has 0 unspecified atom stereocenters. The number of carbonyl (C=O) groups excluding carboxylic acids is 1. The standard InChI is InChI=1S/C23H30FN5O2/c1-15(2)29(16(3)4)22(30)18-9-17(24)5-6-19(18)31-20-10-25-14-27-21(20)28-8-7-23(13-28)11-26-12-23/h5-6,9-10,14-16,26H,7-8,11-13H2,1-4H3. The van der Waals surface area contributed by atoms with Gasteiger partial charge in [-0.3, -0.25) is 4.79 Å². The van der Waals surface area contributed by atoms with E-state index in [1.807, 2.05) is 27.7 Å². The zero-order valence-corrected chi connectivity index (χ0v) is 18.6. The molecule has 8 heteroatoms. The van der Waals surface area contributed by atoms with Crippen molar-refractivity contribution in [2.45, 2.75) is 46.2 Å². The van der Waals surface area contributed by atoms with Gasteiger partial charge in [-0.15, -0.1) is 0 Å². The van der Waals surface area contributed by atoms with Crippen molar-refractivity contribution in [3.8, 4) is 11.5 Å². The molecule has 2 aromatic rings. The summed E-state index contributed by atoms with van der Waals surface area (Å²) in [6.07, 6.45) is 4.20. The summed E-state index contributed by atoms with van der Waals surface area (Å²) >= 11 is 0. The maximum atomic E-state index is 14.1. The smallest absolute Gasteiger partial charge is 0.258 e. The molecule has 1 N–H and O–H groups in total. The van der Waals surface area contributed by atoms with Gasteiger partial charge >= 0.3 is 0 Å². The SMILES string of the molecule is CC(C)N(C(=O)c1cc(F)ccc1Oc1cncnc1N1CCC2(CNC2)C1)C(C)C. The van der Waals surface area contributed by atoms with Gasteiger partial charge in [-0.1, -0.05) is 0 Å². The lowest BCUT2D eigenvalue weighted by molar-refractivity contribution is 0.0640. The molecule has 0 bridgehead atoms. The van der Waals surface area contributed by atoms with E-state index < -0.39 is 5.82 Å². The highest BCUT2D eigenvalue weighted by Gasteiger charge is 2.44. The highest BCUT2D eigenvalue weighted by Crippen LogP contribution is 2.40. The van der Waals surface area contributed by atoms with E-state index >= 15 is 0 Å². The Kier molecular flexibility index (Phi) is 5.83. The summed E-state index contributed by atoms with van der Waals surface area (Å²) in [4.78, 5) is 25.8. The molecule has 7 nitrogen and oxygen atoms in total. The predicted molar refractivity (Wildman–Crippen MR) is 117 cm³/mol. The lowest BCUT2D eigenvalue weighted by Gasteiger charge is -2.39. The molecule has 2 fully saturated rings. The highest BCUT2D eigenvalue weighted by molar-refractivity contribution is 5.97. The molecular formula is C23H30FN5O2. The Morgan fingerprint density at radius 1 is 1.23 bits per heavy atom. The third-order valence-electron chi connectivity index (χ3n) is 6.14. The summed E-state index contributed by atoms with van der Waals surface area (Å²) in [7, 11) is 0. The number of hydrogen-bond donors (Lipinski definition) is 1. The number of halogens is 1. The van der Waals surface area contributed by atoms with Gasteiger partial charge in [-0.25, -0.2) is 14.4 Å². The zero-order valence-electron chi connectivity index (χ0n) is 18.6. The fraction of sp³-hybridized carbons (Fsp3) is 0.522. The van der Waals surface area contributed by atoms with Crippen LogP contribution in [0.4, 0.5) is 10.2 Å². The number of carbonyl (C=O) groups is 1. The van der Waals surface area contributed by atoms with Gasteiger partial charge in [0, 0.05) is 43.7 Å². The van der Waals surface area contributed by atoms with Crippen LogP contribution >= 0.6 is 0 Å². The zero-order chi connectivity index (χ0) is 22.2. The molecule has 1 spiro atoms. The van der Waals surface area contributed by atoms with Gasteiger partial charge in [-0.05, 0) is 52.3 Å². The maximum absolute atomic E-state index is 14.1. The summed E-state index contributed by atoms with van der Waals surface area (Å²) in [6, 6.07) is 3.98. The van der Waals surface area contributed by atoms with Gasteiger partial charge in [0.1, 0.15) is 17.9 Å². The molecule has 0 radical (unpaired) electrons. The Balaban J connectivity index is 1.64. The van der Waals surface area contributed by atoms with E-state index in [1.165, 1.54) is 24.5 Å². The van der Waals surface area contributed by atoms with Crippen LogP contribution in [0, 0.1) is 11.2 Å². The van der Waals surface area contributed by atoms with E-state index in [1.54, 1.807) is 11.1 Å². The Bertz CT molecular complexity index is 953. The quantitative estimate of drug-likeness (QED) is 0.761. The summed E-state index contributed by atoms with van der Waals surface area (Å²) in [5.41, 5.74) is 0.493. The number of benzene rings is 1. The number of anilines is 1. The topological polar surface area (TPSA) is 70.6 Å². The Morgan fingerprint density at radius 3 is 2.58 bits per heavy atom. The monoisotopic (exact) mass is 427 g/mol. The molecule has 166 valence electrons. The van der Waals surface area contributed by atoms with Gasteiger partial charge < -0.3 is 19.9 Å². The Labute approximate surface area is 182 Å². The first-order chi connectivity index (χ1) is 14.8. The molecule has 0 saturated carbocycles. The summed E-state index contributed by atoms with van der Waals surface area (Å²) in [5.74, 6) is 0.720. The summed E-state index contributed by atoms with van der Waals surface area (Å²) < 4.78 is 20.3. The minimum absolute atomic E-state index is 0.0314. The van der Waals surface area contributed by atoms with Crippen LogP contribution in [-0.2, 0) is 0 Å². The molecule has 1 amide bonds. The number of amides is 1. The fourth-order valence-corrected chi connectivity index (χ4v) is 4.58. The number of hydrogen-bond acceptors (Lipinski definition) is 6. The molecule has 2 aliphatic rings. The number of nitrogens with one attached hydrogen (secondary N) is 1. The van der Waals surface area contributed by atoms with E-state index in [0.717, 1.165) is 32.6 Å². The second-order valence-electron chi connectivity index (χ2n) is 9.13. The lowest BCUT2D eigenvalue weighted by Crippen LogP contribution is -2.54. The van der Waals surface area contributed by atoms with E-state index in [-0.39, 0.29) is 23.6 Å².